The number of imidazole rings is 1. The number of nitrogen functional groups attached to an aromatic ring is 1. The molecule has 1 aliphatic rings. The number of anilines is 1. The molecule has 0 amide bonds. The molecule has 0 spiro atoms. The van der Waals surface area contributed by atoms with Gasteiger partial charge in [0.1, 0.15) is 5.52 Å². The molecule has 8 heteroatoms. The summed E-state index contributed by atoms with van der Waals surface area (Å²) in [7, 11) is 0. The van der Waals surface area contributed by atoms with Crippen molar-refractivity contribution in [1.82, 2.24) is 24.4 Å². The number of unbranched alkanes of at least 4 members (excludes halogenated alkanes) is 3. The van der Waals surface area contributed by atoms with Crippen molar-refractivity contribution in [2.75, 3.05) is 32.0 Å². The average Bonchev–Trinajstić information content (AvgIpc) is 3.04. The van der Waals surface area contributed by atoms with Gasteiger partial charge in [0.2, 0.25) is 0 Å². The summed E-state index contributed by atoms with van der Waals surface area (Å²) in [4.78, 5) is 26.3. The summed E-state index contributed by atoms with van der Waals surface area (Å²) >= 11 is 0. The van der Waals surface area contributed by atoms with Gasteiger partial charge in [-0.2, -0.15) is 9.97 Å². The first-order chi connectivity index (χ1) is 14.1. The van der Waals surface area contributed by atoms with Gasteiger partial charge in [0.25, 0.3) is 0 Å². The summed E-state index contributed by atoms with van der Waals surface area (Å²) in [6, 6.07) is 0.245. The third-order valence-electron chi connectivity index (χ3n) is 6.01. The summed E-state index contributed by atoms with van der Waals surface area (Å²) in [6.07, 6.45) is 9.20. The molecule has 8 nitrogen and oxygen atoms in total. The number of nitrogens with two attached hydrogens (primary N) is 1. The molecule has 1 fully saturated rings. The molecule has 1 saturated heterocycles. The Hall–Kier alpha value is -2.09. The zero-order chi connectivity index (χ0) is 20.6. The number of ether oxygens (including phenoxy) is 1. The van der Waals surface area contributed by atoms with Crippen LogP contribution in [0, 0.1) is 5.92 Å². The molecule has 0 aliphatic carbocycles. The minimum absolute atomic E-state index is 0.182. The normalized spacial score (nSPS) is 15.9. The van der Waals surface area contributed by atoms with Crippen molar-refractivity contribution in [3.63, 3.8) is 0 Å². The number of aryl methyl sites for hydroxylation is 1. The maximum Gasteiger partial charge on any atom is 0.327 e. The van der Waals surface area contributed by atoms with E-state index >= 15 is 0 Å². The van der Waals surface area contributed by atoms with Crippen molar-refractivity contribution in [1.29, 1.82) is 0 Å². The molecule has 1 aliphatic heterocycles. The van der Waals surface area contributed by atoms with Crippen LogP contribution in [-0.2, 0) is 6.54 Å². The third-order valence-corrected chi connectivity index (χ3v) is 6.01. The van der Waals surface area contributed by atoms with Gasteiger partial charge < -0.3 is 20.4 Å². The van der Waals surface area contributed by atoms with Crippen molar-refractivity contribution in [2.24, 2.45) is 5.92 Å². The first-order valence-corrected chi connectivity index (χ1v) is 11.2. The van der Waals surface area contributed by atoms with Crippen LogP contribution in [0.2, 0.25) is 0 Å². The van der Waals surface area contributed by atoms with Crippen molar-refractivity contribution >= 4 is 17.0 Å². The van der Waals surface area contributed by atoms with E-state index in [1.807, 2.05) is 0 Å². The lowest BCUT2D eigenvalue weighted by molar-refractivity contribution is 0.184. The summed E-state index contributed by atoms with van der Waals surface area (Å²) in [5.41, 5.74) is 6.87. The van der Waals surface area contributed by atoms with Crippen LogP contribution in [-0.4, -0.2) is 50.7 Å². The highest BCUT2D eigenvalue weighted by Gasteiger charge is 2.18. The van der Waals surface area contributed by atoms with E-state index in [0.717, 1.165) is 31.6 Å². The number of aromatic nitrogens is 4. The van der Waals surface area contributed by atoms with Gasteiger partial charge in [-0.25, -0.2) is 4.79 Å². The van der Waals surface area contributed by atoms with Crippen molar-refractivity contribution in [3.05, 3.63) is 10.5 Å². The second-order valence-electron chi connectivity index (χ2n) is 8.10. The second kappa shape index (κ2) is 10.6. The number of aromatic amines is 1. The first-order valence-electron chi connectivity index (χ1n) is 11.2. The minimum Gasteiger partial charge on any atom is -0.463 e. The van der Waals surface area contributed by atoms with Gasteiger partial charge in [-0.05, 0) is 51.2 Å². The van der Waals surface area contributed by atoms with Crippen molar-refractivity contribution in [2.45, 2.75) is 71.8 Å². The Morgan fingerprint density at radius 3 is 2.66 bits per heavy atom. The van der Waals surface area contributed by atoms with Gasteiger partial charge >= 0.3 is 11.7 Å². The van der Waals surface area contributed by atoms with Crippen LogP contribution in [0.3, 0.4) is 0 Å². The number of H-pyrrole nitrogens is 1. The lowest BCUT2D eigenvalue weighted by Crippen LogP contribution is -2.33. The van der Waals surface area contributed by atoms with E-state index in [9.17, 15) is 4.79 Å². The van der Waals surface area contributed by atoms with Crippen molar-refractivity contribution < 1.29 is 4.74 Å². The highest BCUT2D eigenvalue weighted by molar-refractivity contribution is 5.81. The van der Waals surface area contributed by atoms with Crippen LogP contribution in [0.5, 0.6) is 6.01 Å². The van der Waals surface area contributed by atoms with E-state index in [-0.39, 0.29) is 17.5 Å². The summed E-state index contributed by atoms with van der Waals surface area (Å²) in [5.74, 6) is 1.12. The van der Waals surface area contributed by atoms with E-state index < -0.39 is 0 Å². The zero-order valence-corrected chi connectivity index (χ0v) is 18.0. The quantitative estimate of drug-likeness (QED) is 0.558. The second-order valence-corrected chi connectivity index (χ2v) is 8.10. The highest BCUT2D eigenvalue weighted by Crippen LogP contribution is 2.23. The molecule has 3 heterocycles. The summed E-state index contributed by atoms with van der Waals surface area (Å²) in [5, 5.41) is 0. The fourth-order valence-electron chi connectivity index (χ4n) is 4.08. The Balaban J connectivity index is 1.51. The van der Waals surface area contributed by atoms with Gasteiger partial charge in [-0.15, -0.1) is 0 Å². The van der Waals surface area contributed by atoms with E-state index in [0.29, 0.717) is 24.3 Å². The number of hydrogen-bond acceptors (Lipinski definition) is 6. The number of nitrogens with zero attached hydrogens (tertiary/aromatic N) is 4. The van der Waals surface area contributed by atoms with Gasteiger partial charge in [-0.3, -0.25) is 4.57 Å². The monoisotopic (exact) mass is 404 g/mol. The first kappa shape index (κ1) is 21.6. The maximum absolute atomic E-state index is 12.4. The van der Waals surface area contributed by atoms with Crippen LogP contribution in [0.4, 0.5) is 5.82 Å². The molecule has 0 unspecified atom stereocenters. The molecule has 3 rings (SSSR count). The molecule has 29 heavy (non-hydrogen) atoms. The number of rotatable bonds is 11. The van der Waals surface area contributed by atoms with E-state index in [1.165, 1.54) is 45.3 Å². The predicted octanol–water partition coefficient (Wildman–Crippen LogP) is 3.17. The van der Waals surface area contributed by atoms with Crippen LogP contribution in [0.1, 0.15) is 65.2 Å². The Morgan fingerprint density at radius 1 is 1.14 bits per heavy atom. The molecule has 0 radical (unpaired) electrons. The fraction of sp³-hybridized carbons (Fsp3) is 0.762. The lowest BCUT2D eigenvalue weighted by Gasteiger charge is -2.31. The number of fused-ring (bicyclic) bond motifs is 1. The molecular formula is C21H36N6O2. The number of likely N-dealkylation sites (tertiary alicyclic amines) is 1. The number of hydrogen-bond donors (Lipinski definition) is 2. The number of piperidine rings is 1. The molecule has 0 bridgehead atoms. The molecule has 0 saturated carbocycles. The summed E-state index contributed by atoms with van der Waals surface area (Å²) in [6.45, 7) is 9.19. The minimum atomic E-state index is -0.182. The standard InChI is InChI=1S/C21H36N6O2/c1-3-5-15-29-20-24-18(22)17-19(25-20)27(21(28)23-17)12-8-6-7-9-16-10-13-26(4-2)14-11-16/h16H,3-15H2,1-2H3,(H,23,28)(H2,22,24,25). The van der Waals surface area contributed by atoms with Crippen LogP contribution >= 0.6 is 0 Å². The Kier molecular flexibility index (Phi) is 7.91. The highest BCUT2D eigenvalue weighted by atomic mass is 16.5. The lowest BCUT2D eigenvalue weighted by atomic mass is 9.91. The van der Waals surface area contributed by atoms with Gasteiger partial charge in [-0.1, -0.05) is 39.5 Å². The summed E-state index contributed by atoms with van der Waals surface area (Å²) < 4.78 is 7.26. The van der Waals surface area contributed by atoms with Crippen molar-refractivity contribution in [3.8, 4) is 6.01 Å². The molecule has 0 atom stereocenters. The van der Waals surface area contributed by atoms with Gasteiger partial charge in [0, 0.05) is 6.54 Å². The Morgan fingerprint density at radius 2 is 1.93 bits per heavy atom. The molecule has 162 valence electrons. The Bertz CT molecular complexity index is 822. The Labute approximate surface area is 172 Å². The van der Waals surface area contributed by atoms with Crippen LogP contribution < -0.4 is 16.2 Å². The number of nitrogens with one attached hydrogen (secondary N) is 1. The average molecular weight is 405 g/mol. The molecule has 2 aromatic heterocycles. The van der Waals surface area contributed by atoms with Crippen LogP contribution in [0.15, 0.2) is 4.79 Å². The smallest absolute Gasteiger partial charge is 0.327 e. The molecule has 3 N–H and O–H groups in total. The van der Waals surface area contributed by atoms with E-state index in [1.54, 1.807) is 4.57 Å². The van der Waals surface area contributed by atoms with E-state index in [4.69, 9.17) is 10.5 Å². The van der Waals surface area contributed by atoms with Crippen LogP contribution in [0.25, 0.3) is 11.2 Å². The predicted molar refractivity (Wildman–Crippen MR) is 116 cm³/mol. The maximum atomic E-state index is 12.4. The zero-order valence-electron chi connectivity index (χ0n) is 18.0. The SMILES string of the molecule is CCCCOc1nc(N)c2[nH]c(=O)n(CCCCCC3CCN(CC)CC3)c2n1. The third kappa shape index (κ3) is 5.72. The fourth-order valence-corrected chi connectivity index (χ4v) is 4.08. The molecular weight excluding hydrogens is 368 g/mol. The molecule has 0 aromatic carbocycles. The van der Waals surface area contributed by atoms with E-state index in [2.05, 4.69) is 33.7 Å². The van der Waals surface area contributed by atoms with Gasteiger partial charge in [0.05, 0.1) is 6.61 Å². The largest absolute Gasteiger partial charge is 0.463 e. The van der Waals surface area contributed by atoms with Gasteiger partial charge in [0.15, 0.2) is 11.5 Å². The topological polar surface area (TPSA) is 102 Å². The molecule has 2 aromatic rings.